The normalized spacial score (nSPS) is 10.7. The lowest BCUT2D eigenvalue weighted by molar-refractivity contribution is -0.387. The average Bonchev–Trinajstić information content (AvgIpc) is 1.59. The van der Waals surface area contributed by atoms with Crippen LogP contribution in [0.15, 0.2) is 192 Å². The number of hydrogen-bond donors (Lipinski definition) is 5. The zero-order valence-electron chi connectivity index (χ0n) is 65.8. The molecule has 0 amide bonds. The number of alkyl halides is 10. The second kappa shape index (κ2) is 44.7. The minimum absolute atomic E-state index is 0.0365. The fourth-order valence-electron chi connectivity index (χ4n) is 11.1. The Labute approximate surface area is 701 Å². The second-order valence-electron chi connectivity index (χ2n) is 24.8. The number of esters is 5. The SMILES string of the molecule is COC(=O)c1cc(F)c(F)c([N+](=O)[O-])c1.COC(=O)c1cc(F)c(Nc2cccc(OC(F)F)c2)c([N+](=O)[O-])c1.COC(=O)c1cc(F)c2c(c1)[nH]c(=O)n2-c1cccc(OC(F)F)c1.COC(=O)c1cc(F)c2c(c1)n(C(C)C)c(=O)n2-c1cccc(OC(F)F)c1.COC(=O)c1cc(N)c(Nc2cccc(OC(F)F)c2)c(F)c1.Nc1cccc(OC(F)F)c1. The van der Waals surface area contributed by atoms with Gasteiger partial charge in [0.2, 0.25) is 5.82 Å². The van der Waals surface area contributed by atoms with Gasteiger partial charge in [0, 0.05) is 65.6 Å². The molecule has 0 fully saturated rings. The van der Waals surface area contributed by atoms with E-state index in [2.05, 4.69) is 63.0 Å². The molecule has 0 radical (unpaired) electrons. The fourth-order valence-corrected chi connectivity index (χ4v) is 11.1. The molecular formula is C80H64F16N10O21. The number of carbonyl (C=O) groups excluding carboxylic acids is 5. The van der Waals surface area contributed by atoms with Crippen LogP contribution in [0.5, 0.6) is 28.7 Å². The third-order valence-electron chi connectivity index (χ3n) is 16.2. The molecule has 0 aliphatic rings. The van der Waals surface area contributed by atoms with Crippen molar-refractivity contribution in [3.8, 4) is 40.1 Å². The number of fused-ring (bicyclic) bond motifs is 2. The van der Waals surface area contributed by atoms with Crippen molar-refractivity contribution in [1.29, 1.82) is 0 Å². The zero-order chi connectivity index (χ0) is 94.1. The van der Waals surface area contributed by atoms with Gasteiger partial charge in [0.05, 0.1) is 107 Å². The average molecular weight is 1810 g/mol. The summed E-state index contributed by atoms with van der Waals surface area (Å²) in [4.78, 5) is 104. The van der Waals surface area contributed by atoms with Crippen LogP contribution < -0.4 is 57.2 Å². The van der Waals surface area contributed by atoms with E-state index in [1.165, 1.54) is 133 Å². The number of aromatic nitrogens is 4. The predicted molar refractivity (Wildman–Crippen MR) is 419 cm³/mol. The first kappa shape index (κ1) is 98.1. The van der Waals surface area contributed by atoms with Gasteiger partial charge in [0.25, 0.3) is 5.69 Å². The van der Waals surface area contributed by atoms with Gasteiger partial charge in [-0.2, -0.15) is 48.3 Å². The standard InChI is InChI=1S/C19H17F3N2O4.C16H11F3N2O4.C15H11F3N2O5.C15H13F3N2O3.C8H5F2NO4.C7H7F2NO/c1-10(2)23-15-8-11(17(25)27-3)7-14(20)16(15)24(19(23)26)12-5-4-6-13(9-12)28-18(21)22;1-24-14(22)8-5-11(17)13-12(6-8)20-16(23)21(13)9-3-2-4-10(7-9)25-15(18)19;1-24-14(21)8-5-11(16)13(12(6-8)20(22)23)19-9-3-2-4-10(7-9)25-15(17)18;1-22-14(21)8-5-11(16)13(12(19)6-8)20-9-3-2-4-10(7-9)23-15(17)18;1-15-8(12)4-2-5(9)7(10)6(3-4)11(13)14;8-7(9)11-6-3-1-2-5(10)4-6/h4-10,18H,1-3H3;2-7,15H,1H3,(H,20,23);2-7,15,19H,1H3;2-7,15,20H,19H2,1H3;2-3H,1H3;1-4,7H,10H2. The van der Waals surface area contributed by atoms with E-state index in [0.717, 1.165) is 74.0 Å². The molecule has 47 heteroatoms. The largest absolute Gasteiger partial charge is 0.465 e. The van der Waals surface area contributed by atoms with E-state index in [9.17, 15) is 124 Å². The topological polar surface area (TPSA) is 405 Å². The van der Waals surface area contributed by atoms with Crippen molar-refractivity contribution < 1.29 is 151 Å². The highest BCUT2D eigenvalue weighted by molar-refractivity contribution is 5.96. The number of anilines is 6. The third-order valence-corrected chi connectivity index (χ3v) is 16.2. The Morgan fingerprint density at radius 3 is 1.16 bits per heavy atom. The van der Waals surface area contributed by atoms with Gasteiger partial charge in [-0.05, 0) is 123 Å². The summed E-state index contributed by atoms with van der Waals surface area (Å²) in [7, 11) is 5.55. The Balaban J connectivity index is 0.000000213. The van der Waals surface area contributed by atoms with Gasteiger partial charge < -0.3 is 74.5 Å². The van der Waals surface area contributed by atoms with E-state index in [-0.39, 0.29) is 108 Å². The van der Waals surface area contributed by atoms with Gasteiger partial charge in [0.1, 0.15) is 57.2 Å². The summed E-state index contributed by atoms with van der Waals surface area (Å²) in [5.41, 5.74) is 7.41. The number of benzene rings is 10. The number of ether oxygens (including phenoxy) is 10. The van der Waals surface area contributed by atoms with E-state index in [0.29, 0.717) is 23.5 Å². The van der Waals surface area contributed by atoms with E-state index >= 15 is 0 Å². The van der Waals surface area contributed by atoms with Gasteiger partial charge in [-0.25, -0.2) is 55.5 Å². The number of hydrogen-bond acceptors (Lipinski definition) is 25. The molecule has 0 atom stereocenters. The molecular weight excluding hydrogens is 1740 g/mol. The highest BCUT2D eigenvalue weighted by Gasteiger charge is 2.28. The highest BCUT2D eigenvalue weighted by Crippen LogP contribution is 2.36. The molecule has 0 spiro atoms. The van der Waals surface area contributed by atoms with E-state index in [1.54, 1.807) is 26.0 Å². The maximum Gasteiger partial charge on any atom is 0.387 e. The molecule has 2 heterocycles. The number of aromatic amines is 1. The Morgan fingerprint density at radius 1 is 0.402 bits per heavy atom. The van der Waals surface area contributed by atoms with E-state index in [4.69, 9.17) is 11.5 Å². The number of methoxy groups -OCH3 is 5. The number of nitrogens with zero attached hydrogens (tertiary/aromatic N) is 5. The van der Waals surface area contributed by atoms with Crippen LogP contribution in [0.3, 0.4) is 0 Å². The number of nitrogens with two attached hydrogens (primary N) is 2. The van der Waals surface area contributed by atoms with E-state index in [1.807, 2.05) is 0 Å². The maximum atomic E-state index is 14.9. The summed E-state index contributed by atoms with van der Waals surface area (Å²) >= 11 is 0. The Kier molecular flexibility index (Phi) is 34.5. The van der Waals surface area contributed by atoms with Crippen LogP contribution in [-0.2, 0) is 23.7 Å². The summed E-state index contributed by atoms with van der Waals surface area (Å²) in [5, 5.41) is 26.5. The van der Waals surface area contributed by atoms with Crippen molar-refractivity contribution in [1.82, 2.24) is 18.7 Å². The number of rotatable bonds is 24. The first-order valence-corrected chi connectivity index (χ1v) is 35.1. The quantitative estimate of drug-likeness (QED) is 0.00936. The Hall–Kier alpha value is -16.0. The molecule has 672 valence electrons. The molecule has 0 aliphatic carbocycles. The lowest BCUT2D eigenvalue weighted by atomic mass is 10.1. The molecule has 12 rings (SSSR count). The molecule has 2 aromatic heterocycles. The lowest BCUT2D eigenvalue weighted by Gasteiger charge is -2.13. The monoisotopic (exact) mass is 1800 g/mol. The molecule has 7 N–H and O–H groups in total. The number of nitrogen functional groups attached to an aromatic ring is 2. The molecule has 0 unspecified atom stereocenters. The second-order valence-corrected chi connectivity index (χ2v) is 24.8. The van der Waals surface area contributed by atoms with Crippen LogP contribution in [0, 0.1) is 55.1 Å². The van der Waals surface area contributed by atoms with Gasteiger partial charge in [-0.15, -0.1) is 0 Å². The third kappa shape index (κ3) is 26.5. The number of imidazole rings is 2. The molecule has 31 nitrogen and oxygen atoms in total. The molecule has 127 heavy (non-hydrogen) atoms. The Bertz CT molecular complexity index is 6110. The van der Waals surface area contributed by atoms with Crippen LogP contribution in [0.2, 0.25) is 0 Å². The number of halogens is 16. The molecule has 12 aromatic rings. The first-order chi connectivity index (χ1) is 60.0. The van der Waals surface area contributed by atoms with Crippen LogP contribution in [0.1, 0.15) is 71.7 Å². The first-order valence-electron chi connectivity index (χ1n) is 35.1. The zero-order valence-corrected chi connectivity index (χ0v) is 65.8. The van der Waals surface area contributed by atoms with Gasteiger partial charge in [-0.1, -0.05) is 30.3 Å². The fraction of sp³-hybridized carbons (Fsp3) is 0.163. The molecule has 10 aromatic carbocycles. The lowest BCUT2D eigenvalue weighted by Crippen LogP contribution is -2.24. The summed E-state index contributed by atoms with van der Waals surface area (Å²) in [6, 6.07) is 36.3. The van der Waals surface area contributed by atoms with Crippen molar-refractivity contribution >= 4 is 97.4 Å². The molecule has 0 aliphatic heterocycles. The number of H-pyrrole nitrogens is 1. The van der Waals surface area contributed by atoms with Crippen LogP contribution >= 0.6 is 0 Å². The molecule has 0 saturated heterocycles. The highest BCUT2D eigenvalue weighted by atomic mass is 19.3. The van der Waals surface area contributed by atoms with E-state index < -0.39 is 142 Å². The van der Waals surface area contributed by atoms with Gasteiger partial charge in [0.15, 0.2) is 17.3 Å². The van der Waals surface area contributed by atoms with Gasteiger partial charge >= 0.3 is 80.0 Å². The summed E-state index contributed by atoms with van der Waals surface area (Å²) < 4.78 is 252. The van der Waals surface area contributed by atoms with Crippen molar-refractivity contribution in [2.75, 3.05) is 57.6 Å². The van der Waals surface area contributed by atoms with Crippen molar-refractivity contribution in [2.24, 2.45) is 0 Å². The smallest absolute Gasteiger partial charge is 0.387 e. The minimum Gasteiger partial charge on any atom is -0.465 e. The van der Waals surface area contributed by atoms with Crippen molar-refractivity contribution in [2.45, 2.75) is 52.9 Å². The van der Waals surface area contributed by atoms with Crippen LogP contribution in [0.4, 0.5) is 116 Å². The van der Waals surface area contributed by atoms with Crippen LogP contribution in [0.25, 0.3) is 33.4 Å². The summed E-state index contributed by atoms with van der Waals surface area (Å²) in [6.07, 6.45) is 0. The number of nitro benzene ring substituents is 2. The van der Waals surface area contributed by atoms with Gasteiger partial charge in [-0.3, -0.25) is 33.9 Å². The summed E-state index contributed by atoms with van der Waals surface area (Å²) in [5.74, 6) is -11.3. The maximum absolute atomic E-state index is 14.9. The predicted octanol–water partition coefficient (Wildman–Crippen LogP) is 17.7. The Morgan fingerprint density at radius 2 is 0.748 bits per heavy atom. The molecule has 0 saturated carbocycles. The number of nitro groups is 2. The van der Waals surface area contributed by atoms with Crippen LogP contribution in [-0.4, -0.2) is 127 Å². The minimum atomic E-state index is -3.05. The molecule has 0 bridgehead atoms. The number of nitrogens with one attached hydrogen (secondary N) is 3. The number of carbonyl (C=O) groups is 5. The van der Waals surface area contributed by atoms with Crippen molar-refractivity contribution in [3.63, 3.8) is 0 Å². The van der Waals surface area contributed by atoms with Crippen molar-refractivity contribution in [3.05, 3.63) is 286 Å². The summed E-state index contributed by atoms with van der Waals surface area (Å²) in [6.45, 7) is -11.4.